The first-order valence-corrected chi connectivity index (χ1v) is 4.88. The van der Waals surface area contributed by atoms with Gasteiger partial charge in [-0.3, -0.25) is 9.89 Å². The van der Waals surface area contributed by atoms with Gasteiger partial charge in [0.1, 0.15) is 0 Å². The van der Waals surface area contributed by atoms with E-state index in [1.807, 2.05) is 0 Å². The van der Waals surface area contributed by atoms with Crippen molar-refractivity contribution in [1.29, 1.82) is 0 Å². The Hall–Kier alpha value is -2.30. The standard InChI is InChI=1S/C11H12N4O/c12-10-4-2-1-3-9(10)11(16)13-5-8-6-14-15-7-8/h1-4,6-7H,5,12H2,(H,13,16)(H,14,15). The number of hydrogen-bond donors (Lipinski definition) is 3. The maximum Gasteiger partial charge on any atom is 0.253 e. The second-order valence-electron chi connectivity index (χ2n) is 3.38. The van der Waals surface area contributed by atoms with Gasteiger partial charge in [0.05, 0.1) is 11.8 Å². The van der Waals surface area contributed by atoms with Crippen LogP contribution < -0.4 is 11.1 Å². The molecule has 1 heterocycles. The van der Waals surface area contributed by atoms with Gasteiger partial charge in [0.2, 0.25) is 0 Å². The van der Waals surface area contributed by atoms with Crippen LogP contribution in [0.4, 0.5) is 5.69 Å². The summed E-state index contributed by atoms with van der Waals surface area (Å²) in [6.07, 6.45) is 3.39. The quantitative estimate of drug-likeness (QED) is 0.667. The number of anilines is 1. The number of rotatable bonds is 3. The highest BCUT2D eigenvalue weighted by molar-refractivity contribution is 5.98. The van der Waals surface area contributed by atoms with Gasteiger partial charge in [-0.05, 0) is 12.1 Å². The minimum Gasteiger partial charge on any atom is -0.398 e. The van der Waals surface area contributed by atoms with Crippen molar-refractivity contribution in [3.05, 3.63) is 47.8 Å². The van der Waals surface area contributed by atoms with Crippen LogP contribution in [0.3, 0.4) is 0 Å². The highest BCUT2D eigenvalue weighted by Crippen LogP contribution is 2.10. The molecule has 4 N–H and O–H groups in total. The Balaban J connectivity index is 2.01. The first-order valence-electron chi connectivity index (χ1n) is 4.88. The topological polar surface area (TPSA) is 83.8 Å². The van der Waals surface area contributed by atoms with Crippen molar-refractivity contribution >= 4 is 11.6 Å². The summed E-state index contributed by atoms with van der Waals surface area (Å²) in [6.45, 7) is 0.434. The van der Waals surface area contributed by atoms with Crippen molar-refractivity contribution in [2.24, 2.45) is 0 Å². The average molecular weight is 216 g/mol. The van der Waals surface area contributed by atoms with Crippen LogP contribution >= 0.6 is 0 Å². The van der Waals surface area contributed by atoms with Crippen molar-refractivity contribution in [3.63, 3.8) is 0 Å². The predicted octanol–water partition coefficient (Wildman–Crippen LogP) is 0.922. The molecule has 0 unspecified atom stereocenters. The largest absolute Gasteiger partial charge is 0.398 e. The molecule has 0 aliphatic rings. The van der Waals surface area contributed by atoms with Gasteiger partial charge in [-0.15, -0.1) is 0 Å². The first-order chi connectivity index (χ1) is 7.77. The summed E-state index contributed by atoms with van der Waals surface area (Å²) in [5, 5.41) is 9.23. The van der Waals surface area contributed by atoms with E-state index >= 15 is 0 Å². The molecule has 5 heteroatoms. The van der Waals surface area contributed by atoms with Crippen molar-refractivity contribution in [2.75, 3.05) is 5.73 Å². The fourth-order valence-corrected chi connectivity index (χ4v) is 1.36. The summed E-state index contributed by atoms with van der Waals surface area (Å²) in [5.74, 6) is -0.181. The molecule has 0 saturated heterocycles. The monoisotopic (exact) mass is 216 g/mol. The SMILES string of the molecule is Nc1ccccc1C(=O)NCc1cn[nH]c1. The molecule has 2 rings (SSSR count). The van der Waals surface area contributed by atoms with Gasteiger partial charge in [-0.2, -0.15) is 5.10 Å². The Bertz CT molecular complexity index is 478. The zero-order chi connectivity index (χ0) is 11.4. The van der Waals surface area contributed by atoms with E-state index in [9.17, 15) is 4.79 Å². The molecule has 5 nitrogen and oxygen atoms in total. The summed E-state index contributed by atoms with van der Waals surface area (Å²) in [5.41, 5.74) is 7.58. The number of nitrogens with one attached hydrogen (secondary N) is 2. The van der Waals surface area contributed by atoms with Crippen molar-refractivity contribution in [3.8, 4) is 0 Å². The van der Waals surface area contributed by atoms with E-state index in [4.69, 9.17) is 5.73 Å². The number of benzene rings is 1. The molecule has 16 heavy (non-hydrogen) atoms. The lowest BCUT2D eigenvalue weighted by Gasteiger charge is -2.05. The zero-order valence-electron chi connectivity index (χ0n) is 8.60. The van der Waals surface area contributed by atoms with Crippen molar-refractivity contribution < 1.29 is 4.79 Å². The van der Waals surface area contributed by atoms with E-state index < -0.39 is 0 Å². The molecule has 2 aromatic rings. The second-order valence-corrected chi connectivity index (χ2v) is 3.38. The van der Waals surface area contributed by atoms with Crippen molar-refractivity contribution in [1.82, 2.24) is 15.5 Å². The minimum atomic E-state index is -0.181. The number of carbonyl (C=O) groups is 1. The summed E-state index contributed by atoms with van der Waals surface area (Å²) in [7, 11) is 0. The summed E-state index contributed by atoms with van der Waals surface area (Å²) in [4.78, 5) is 11.7. The summed E-state index contributed by atoms with van der Waals surface area (Å²) >= 11 is 0. The lowest BCUT2D eigenvalue weighted by Crippen LogP contribution is -2.23. The molecule has 0 saturated carbocycles. The van der Waals surface area contributed by atoms with Gasteiger partial charge in [0.15, 0.2) is 0 Å². The maximum atomic E-state index is 11.7. The number of hydrogen-bond acceptors (Lipinski definition) is 3. The molecule has 0 atom stereocenters. The molecule has 0 spiro atoms. The number of nitrogens with two attached hydrogens (primary N) is 1. The average Bonchev–Trinajstić information content (AvgIpc) is 2.79. The number of aromatic nitrogens is 2. The number of para-hydroxylation sites is 1. The maximum absolute atomic E-state index is 11.7. The van der Waals surface area contributed by atoms with E-state index in [1.165, 1.54) is 0 Å². The molecule has 1 amide bonds. The number of nitrogens with zero attached hydrogens (tertiary/aromatic N) is 1. The van der Waals surface area contributed by atoms with Crippen molar-refractivity contribution in [2.45, 2.75) is 6.54 Å². The minimum absolute atomic E-state index is 0.181. The fraction of sp³-hybridized carbons (Fsp3) is 0.0909. The molecule has 0 fully saturated rings. The highest BCUT2D eigenvalue weighted by atomic mass is 16.1. The van der Waals surface area contributed by atoms with Crippen LogP contribution in [0.15, 0.2) is 36.7 Å². The van der Waals surface area contributed by atoms with Gasteiger partial charge >= 0.3 is 0 Å². The van der Waals surface area contributed by atoms with Gasteiger partial charge < -0.3 is 11.1 Å². The Morgan fingerprint density at radius 3 is 2.94 bits per heavy atom. The van der Waals surface area contributed by atoms with Crippen LogP contribution in [0.25, 0.3) is 0 Å². The normalized spacial score (nSPS) is 10.0. The van der Waals surface area contributed by atoms with Crippen LogP contribution in [-0.2, 0) is 6.54 Å². The van der Waals surface area contributed by atoms with Gasteiger partial charge in [0, 0.05) is 24.0 Å². The third-order valence-electron chi connectivity index (χ3n) is 2.21. The van der Waals surface area contributed by atoms with Gasteiger partial charge in [0.25, 0.3) is 5.91 Å². The molecule has 0 bridgehead atoms. The third kappa shape index (κ3) is 2.20. The molecular formula is C11H12N4O. The fourth-order valence-electron chi connectivity index (χ4n) is 1.36. The first kappa shape index (κ1) is 10.2. The number of nitrogen functional groups attached to an aromatic ring is 1. The highest BCUT2D eigenvalue weighted by Gasteiger charge is 2.07. The molecule has 1 aromatic carbocycles. The van der Waals surface area contributed by atoms with Crippen LogP contribution in [0.1, 0.15) is 15.9 Å². The second kappa shape index (κ2) is 4.48. The Kier molecular flexibility index (Phi) is 2.86. The van der Waals surface area contributed by atoms with Gasteiger partial charge in [-0.25, -0.2) is 0 Å². The van der Waals surface area contributed by atoms with Crippen LogP contribution in [0, 0.1) is 0 Å². The summed E-state index contributed by atoms with van der Waals surface area (Å²) < 4.78 is 0. The van der Waals surface area contributed by atoms with E-state index in [0.717, 1.165) is 5.56 Å². The smallest absolute Gasteiger partial charge is 0.253 e. The van der Waals surface area contributed by atoms with E-state index in [-0.39, 0.29) is 5.91 Å². The molecule has 1 aromatic heterocycles. The Morgan fingerprint density at radius 1 is 1.44 bits per heavy atom. The number of carbonyl (C=O) groups excluding carboxylic acids is 1. The Morgan fingerprint density at radius 2 is 2.25 bits per heavy atom. The third-order valence-corrected chi connectivity index (χ3v) is 2.21. The lowest BCUT2D eigenvalue weighted by molar-refractivity contribution is 0.0952. The predicted molar refractivity (Wildman–Crippen MR) is 60.6 cm³/mol. The molecule has 82 valence electrons. The van der Waals surface area contributed by atoms with E-state index in [2.05, 4.69) is 15.5 Å². The number of aromatic amines is 1. The van der Waals surface area contributed by atoms with Crippen LogP contribution in [0.2, 0.25) is 0 Å². The van der Waals surface area contributed by atoms with E-state index in [0.29, 0.717) is 17.8 Å². The Labute approximate surface area is 92.7 Å². The van der Waals surface area contributed by atoms with Crippen LogP contribution in [0.5, 0.6) is 0 Å². The number of amides is 1. The van der Waals surface area contributed by atoms with Gasteiger partial charge in [-0.1, -0.05) is 12.1 Å². The molecule has 0 aliphatic heterocycles. The van der Waals surface area contributed by atoms with E-state index in [1.54, 1.807) is 36.7 Å². The zero-order valence-corrected chi connectivity index (χ0v) is 8.60. The molecule has 0 radical (unpaired) electrons. The van der Waals surface area contributed by atoms with Crippen LogP contribution in [-0.4, -0.2) is 16.1 Å². The molecular weight excluding hydrogens is 204 g/mol. The molecule has 0 aliphatic carbocycles. The lowest BCUT2D eigenvalue weighted by atomic mass is 10.1. The summed E-state index contributed by atoms with van der Waals surface area (Å²) in [6, 6.07) is 6.97. The number of H-pyrrole nitrogens is 1.